The zero-order valence-corrected chi connectivity index (χ0v) is 84.8. The first-order chi connectivity index (χ1) is 61.3. The molecule has 6 aromatic heterocycles. The number of rotatable bonds is 44. The molecular weight excluding hydrogens is 2230 g/mol. The number of aryl methyl sites for hydroxylation is 1. The van der Waals surface area contributed by atoms with Crippen molar-refractivity contribution in [2.24, 2.45) is 0 Å². The van der Waals surface area contributed by atoms with Crippen molar-refractivity contribution in [2.75, 3.05) is 92.4 Å². The molecule has 6 aromatic rings. The van der Waals surface area contributed by atoms with Crippen LogP contribution in [0.5, 0.6) is 0 Å². The average Bonchev–Trinajstić information content (AvgIpc) is 1.63. The lowest BCUT2D eigenvalue weighted by Gasteiger charge is -2.21. The van der Waals surface area contributed by atoms with Gasteiger partial charge in [0.25, 0.3) is 11.1 Å². The second-order valence-corrected chi connectivity index (χ2v) is 56.5. The third-order valence-electron chi connectivity index (χ3n) is 15.9. The standard InChI is InChI=1S/C12H20N5O13P3S2.C12H20N5O12P3S2.C12H21N2O14P3S2.C11H20N3O13P3S2/c1-35(34)5-26-6-2-8(17-4-14-9-10(17)15-12(13)16-11(9)18)28-7(6)3-27-32(22,23)30-33(24,25)29-31(19,20)21;1-34(33)6-25-7-2-9(17-5-16-10-11(13)14-4-15-12(10)17)27-8(7)3-26-31(21,22)29-32(23,24)28-30(18,19)20;1-7-4-14(12(16)13-11(7)15)10-3-8(24-6-33(2)32)9(26-10)5-25-30(20,21)28-31(22,23)27-29(17,18)19;1-32(31)6-23-7-4-10(14-3-2-9(12)13-11(14)15)25-8(7)5-24-29(19,20)27-30(21,22)26-28(16,17)18/h4,6-8H,2-3,5H2,1H3,(H,22,23)(H,24,25)(H2,19,20,21)(H3,13,15,16,18);4-5,7-9H,2-3,6H2,1H3,(H,21,22)(H,23,24)(H2,13,14,15)(H2,18,19,20);4,8-10H,3,5-6H2,1-2H3,(H,20,21)(H,22,23)(H,13,15,16)(H2,17,18,19);2-3,7-8,10H,4-6H2,1H3,(H,19,20)(H,21,22)(H2,12,13,15)(H2,16,17,18)/t6?,7-,8-,35?;7?,8-,9-,34?;8?,9-,10-,33?;7?,8-,10-,32?/m1111/s1. The molecule has 0 radical (unpaired) electrons. The lowest BCUT2D eigenvalue weighted by atomic mass is 10.2. The number of aromatic amines is 2. The number of hydrogen-bond acceptors (Lipinski definition) is 49. The molecule has 0 bridgehead atoms. The predicted octanol–water partition coefficient (Wildman–Crippen LogP) is -1.49. The molecule has 0 aromatic carbocycles. The van der Waals surface area contributed by atoms with Gasteiger partial charge in [0.1, 0.15) is 67.0 Å². The van der Waals surface area contributed by atoms with Crippen LogP contribution >= 0.6 is 93.9 Å². The SMILES string of the molecule is CS(=S)COC1C[C@H](n2ccc(N)nc2=O)O[C@@H]1COP(=O)(O)OP(=O)(O)OP(=O)(O)O.CS(=S)COC1C[C@H](n2cnc3c(=O)[nH]c(N)nc32)O[C@@H]1COP(=O)(O)OP(=O)(O)OP(=O)(O)O.CS(=S)COC1C[C@H](n2cnc3c(N)ncnc32)O[C@@H]1COP(=O)(O)OP(=O)(O)OP(=O)(O)O.Cc1cn([C@H]2CC(OCS(C)=S)[C@@H](COP(=O)(O)OP(=O)(O)OP(=O)(O)O)O2)c(=O)[nH]c1=O. The van der Waals surface area contributed by atoms with Gasteiger partial charge in [-0.2, -0.15) is 44.5 Å². The van der Waals surface area contributed by atoms with E-state index < -0.39 is 254 Å². The van der Waals surface area contributed by atoms with E-state index in [-0.39, 0.29) is 83.8 Å². The van der Waals surface area contributed by atoms with Gasteiger partial charge in [0.15, 0.2) is 22.6 Å². The van der Waals surface area contributed by atoms with Crippen molar-refractivity contribution in [3.8, 4) is 0 Å². The highest BCUT2D eigenvalue weighted by Crippen LogP contribution is 2.70. The molecular formula is C47H81N15O52P12S8. The number of imidazole rings is 2. The topological polar surface area (TPSA) is 988 Å². The molecule has 0 aliphatic carbocycles. The Kier molecular flexibility index (Phi) is 43.2. The van der Waals surface area contributed by atoms with E-state index in [0.717, 1.165) is 9.13 Å². The van der Waals surface area contributed by atoms with Gasteiger partial charge in [-0.25, -0.2) is 84.3 Å². The number of H-pyrrole nitrogens is 2. The van der Waals surface area contributed by atoms with Gasteiger partial charge in [-0.1, -0.05) is 37.8 Å². The summed E-state index contributed by atoms with van der Waals surface area (Å²) in [6, 6.07) is 1.35. The number of phosphoric acid groups is 12. The summed E-state index contributed by atoms with van der Waals surface area (Å²) in [5.74, 6) is 0.486. The van der Waals surface area contributed by atoms with Gasteiger partial charge in [0, 0.05) is 43.6 Å². The monoisotopic (exact) mass is 2310 g/mol. The number of nitrogens with two attached hydrogens (primary N) is 3. The number of fused-ring (bicyclic) bond motifs is 2. The van der Waals surface area contributed by atoms with Crippen LogP contribution < -0.4 is 39.7 Å². The van der Waals surface area contributed by atoms with Crippen LogP contribution in [0.2, 0.25) is 0 Å². The van der Waals surface area contributed by atoms with Crippen LogP contribution in [0.3, 0.4) is 0 Å². The van der Waals surface area contributed by atoms with Gasteiger partial charge < -0.3 is 133 Å². The number of nitrogens with one attached hydrogen (secondary N) is 2. The Morgan fingerprint density at radius 3 is 1.04 bits per heavy atom. The second-order valence-electron chi connectivity index (χ2n) is 26.5. The zero-order chi connectivity index (χ0) is 101. The highest BCUT2D eigenvalue weighted by atomic mass is 32.8. The predicted molar refractivity (Wildman–Crippen MR) is 466 cm³/mol. The van der Waals surface area contributed by atoms with Crippen molar-refractivity contribution in [1.82, 2.24) is 58.1 Å². The van der Waals surface area contributed by atoms with Crippen molar-refractivity contribution in [3.63, 3.8) is 0 Å². The van der Waals surface area contributed by atoms with Gasteiger partial charge >= 0.3 is 105 Å². The summed E-state index contributed by atoms with van der Waals surface area (Å²) >= 11 is 20.3. The van der Waals surface area contributed by atoms with Crippen molar-refractivity contribution in [1.29, 1.82) is 0 Å². The van der Waals surface area contributed by atoms with Crippen LogP contribution in [0, 0.1) is 6.92 Å². The molecule has 134 heavy (non-hydrogen) atoms. The molecule has 4 saturated heterocycles. The van der Waals surface area contributed by atoms with Gasteiger partial charge in [0.2, 0.25) is 5.95 Å². The van der Waals surface area contributed by atoms with E-state index in [1.165, 1.54) is 48.9 Å². The molecule has 764 valence electrons. The number of ether oxygens (including phenoxy) is 8. The number of hydrogen-bond donors (Lipinski definition) is 21. The fourth-order valence-corrected chi connectivity index (χ4v) is 25.3. The molecule has 0 saturated carbocycles. The number of anilines is 3. The number of aromatic nitrogens is 12. The summed E-state index contributed by atoms with van der Waals surface area (Å²) in [6.45, 7) is -1.45. The molecule has 4 aliphatic heterocycles. The molecule has 16 unspecified atom stereocenters. The van der Waals surface area contributed by atoms with Gasteiger partial charge in [-0.3, -0.25) is 55.9 Å². The molecule has 67 nitrogen and oxygen atoms in total. The van der Waals surface area contributed by atoms with Gasteiger partial charge in [0.05, 0.1) is 87.3 Å². The maximum absolute atomic E-state index is 12.1. The smallest absolute Gasteiger partial charge is 0.383 e. The molecule has 24 N–H and O–H groups in total. The maximum Gasteiger partial charge on any atom is 0.490 e. The minimum atomic E-state index is -5.68. The summed E-state index contributed by atoms with van der Waals surface area (Å²) in [7, 11) is -68.4. The highest BCUT2D eigenvalue weighted by Gasteiger charge is 2.50. The van der Waals surface area contributed by atoms with Crippen molar-refractivity contribution in [2.45, 2.75) is 106 Å². The zero-order valence-electron chi connectivity index (χ0n) is 67.6. The molecule has 10 heterocycles. The third-order valence-corrected chi connectivity index (χ3v) is 34.1. The van der Waals surface area contributed by atoms with Crippen LogP contribution in [0.1, 0.15) is 56.2 Å². The van der Waals surface area contributed by atoms with E-state index in [2.05, 4.69) is 87.9 Å². The van der Waals surface area contributed by atoms with Gasteiger partial charge in [-0.05, 0) is 82.8 Å². The Hall–Kier alpha value is -2.54. The minimum absolute atomic E-state index is 0.0117. The second kappa shape index (κ2) is 48.9. The summed E-state index contributed by atoms with van der Waals surface area (Å²) in [5.41, 5.74) is 15.2. The van der Waals surface area contributed by atoms with Crippen LogP contribution in [0.4, 0.5) is 17.6 Å². The van der Waals surface area contributed by atoms with Gasteiger partial charge in [-0.15, -0.1) is 0 Å². The molecule has 4 fully saturated rings. The normalized spacial score (nSPS) is 25.8. The number of phosphoric ester groups is 4. The van der Waals surface area contributed by atoms with Crippen LogP contribution in [-0.2, 0) is 228 Å². The third kappa shape index (κ3) is 40.2. The van der Waals surface area contributed by atoms with E-state index in [9.17, 15) is 113 Å². The summed E-state index contributed by atoms with van der Waals surface area (Å²) in [4.78, 5) is 220. The summed E-state index contributed by atoms with van der Waals surface area (Å²) in [5, 5.41) is 0. The van der Waals surface area contributed by atoms with Crippen molar-refractivity contribution < 1.29 is 224 Å². The van der Waals surface area contributed by atoms with Crippen LogP contribution in [0.25, 0.3) is 22.3 Å². The summed E-state index contributed by atoms with van der Waals surface area (Å²) in [6.07, 6.45) is 3.10. The molecule has 87 heteroatoms. The van der Waals surface area contributed by atoms with E-state index in [1.807, 2.05) is 0 Å². The Morgan fingerprint density at radius 1 is 0.410 bits per heavy atom. The first-order valence-corrected chi connectivity index (χ1v) is 64.0. The van der Waals surface area contributed by atoms with Crippen LogP contribution in [0.15, 0.2) is 56.6 Å². The molecule has 10 rings (SSSR count). The lowest BCUT2D eigenvalue weighted by molar-refractivity contribution is -0.0545. The number of nitrogen functional groups attached to an aromatic ring is 3. The molecule has 4 aliphatic rings. The highest BCUT2D eigenvalue weighted by molar-refractivity contribution is 8.29. The van der Waals surface area contributed by atoms with Crippen molar-refractivity contribution >= 4 is 216 Å². The van der Waals surface area contributed by atoms with E-state index >= 15 is 0 Å². The van der Waals surface area contributed by atoms with Crippen molar-refractivity contribution in [3.05, 3.63) is 84.7 Å². The summed E-state index contributed by atoms with van der Waals surface area (Å²) < 4.78 is 236. The first-order valence-electron chi connectivity index (χ1n) is 35.0. The molecule has 0 amide bonds. The first kappa shape index (κ1) is 118. The fraction of sp³-hybridized carbons (Fsp3) is 0.617. The number of nitrogens with zero attached hydrogens (tertiary/aromatic N) is 10. The minimum Gasteiger partial charge on any atom is -0.383 e. The Bertz CT molecular complexity index is 6160. The lowest BCUT2D eigenvalue weighted by Crippen LogP contribution is -2.33. The quantitative estimate of drug-likeness (QED) is 0.0194. The van der Waals surface area contributed by atoms with Crippen LogP contribution in [-0.4, -0.2) is 260 Å². The Balaban J connectivity index is 0.000000244. The molecule has 0 spiro atoms. The van der Waals surface area contributed by atoms with E-state index in [0.29, 0.717) is 11.2 Å². The Labute approximate surface area is 776 Å². The Morgan fingerprint density at radius 2 is 0.724 bits per heavy atom. The largest absolute Gasteiger partial charge is 0.490 e. The maximum atomic E-state index is 12.1. The van der Waals surface area contributed by atoms with E-state index in [1.54, 1.807) is 29.6 Å². The fourth-order valence-electron chi connectivity index (χ4n) is 11.1. The van der Waals surface area contributed by atoms with E-state index in [4.69, 9.17) is 144 Å². The average molecular weight is 2320 g/mol. The molecule has 24 atom stereocenters.